The maximum atomic E-state index is 12.5. The Morgan fingerprint density at radius 1 is 1.16 bits per heavy atom. The molecule has 0 saturated carbocycles. The van der Waals surface area contributed by atoms with Crippen molar-refractivity contribution < 1.29 is 9.90 Å². The molecule has 3 nitrogen and oxygen atoms in total. The fourth-order valence-electron chi connectivity index (χ4n) is 2.75. The van der Waals surface area contributed by atoms with Crippen LogP contribution in [0.15, 0.2) is 18.2 Å². The summed E-state index contributed by atoms with van der Waals surface area (Å²) in [5.41, 5.74) is 2.37. The van der Waals surface area contributed by atoms with Gasteiger partial charge < -0.3 is 10.0 Å². The summed E-state index contributed by atoms with van der Waals surface area (Å²) in [6, 6.07) is 5.96. The summed E-state index contributed by atoms with van der Waals surface area (Å²) in [5.74, 6) is 0.0875. The van der Waals surface area contributed by atoms with E-state index >= 15 is 0 Å². The molecule has 1 aromatic rings. The van der Waals surface area contributed by atoms with E-state index in [0.29, 0.717) is 13.0 Å². The molecule has 1 atom stereocenters. The molecule has 0 aliphatic carbocycles. The number of aryl methyl sites for hydroxylation is 2. The molecule has 1 amide bonds. The van der Waals surface area contributed by atoms with Gasteiger partial charge in [0.25, 0.3) is 5.91 Å². The van der Waals surface area contributed by atoms with Gasteiger partial charge in [-0.1, -0.05) is 17.2 Å². The number of benzene rings is 1. The van der Waals surface area contributed by atoms with Gasteiger partial charge in [-0.15, -0.1) is 0 Å². The minimum atomic E-state index is -0.627. The molecule has 19 heavy (non-hydrogen) atoms. The van der Waals surface area contributed by atoms with Gasteiger partial charge >= 0.3 is 0 Å². The second-order valence-electron chi connectivity index (χ2n) is 6.02. The third kappa shape index (κ3) is 3.57. The molecule has 1 N–H and O–H groups in total. The molecular formula is C16H23NO2. The van der Waals surface area contributed by atoms with Gasteiger partial charge in [-0.05, 0) is 52.2 Å². The van der Waals surface area contributed by atoms with Crippen LogP contribution in [-0.4, -0.2) is 34.6 Å². The van der Waals surface area contributed by atoms with E-state index in [2.05, 4.69) is 6.07 Å². The lowest BCUT2D eigenvalue weighted by molar-refractivity contribution is 0.0438. The predicted molar refractivity (Wildman–Crippen MR) is 76.3 cm³/mol. The molecular weight excluding hydrogens is 238 g/mol. The van der Waals surface area contributed by atoms with E-state index in [0.717, 1.165) is 36.1 Å². The Morgan fingerprint density at radius 3 is 2.42 bits per heavy atom. The number of carbonyl (C=O) groups is 1. The topological polar surface area (TPSA) is 40.5 Å². The van der Waals surface area contributed by atoms with Crippen molar-refractivity contribution in [3.63, 3.8) is 0 Å². The molecule has 1 aliphatic heterocycles. The van der Waals surface area contributed by atoms with E-state index in [9.17, 15) is 9.90 Å². The van der Waals surface area contributed by atoms with Gasteiger partial charge in [0.05, 0.1) is 5.60 Å². The standard InChI is InChI=1S/C16H23NO2/c1-12-9-13(2)11-14(10-12)15(18)17-7-4-5-16(3,19)6-8-17/h9-11,19H,4-8H2,1-3H3. The van der Waals surface area contributed by atoms with E-state index in [1.807, 2.05) is 37.8 Å². The Hall–Kier alpha value is -1.35. The van der Waals surface area contributed by atoms with Crippen molar-refractivity contribution in [2.75, 3.05) is 13.1 Å². The molecule has 0 aromatic heterocycles. The summed E-state index contributed by atoms with van der Waals surface area (Å²) in [6.07, 6.45) is 2.29. The third-order valence-electron chi connectivity index (χ3n) is 3.82. The van der Waals surface area contributed by atoms with Crippen LogP contribution in [0.5, 0.6) is 0 Å². The first-order valence-electron chi connectivity index (χ1n) is 6.97. The highest BCUT2D eigenvalue weighted by Gasteiger charge is 2.27. The van der Waals surface area contributed by atoms with Gasteiger partial charge in [0.15, 0.2) is 0 Å². The fraction of sp³-hybridized carbons (Fsp3) is 0.562. The average molecular weight is 261 g/mol. The van der Waals surface area contributed by atoms with Crippen LogP contribution in [0.2, 0.25) is 0 Å². The van der Waals surface area contributed by atoms with E-state index < -0.39 is 5.60 Å². The first-order chi connectivity index (χ1) is 8.87. The Morgan fingerprint density at radius 2 is 1.79 bits per heavy atom. The van der Waals surface area contributed by atoms with Crippen LogP contribution in [0.3, 0.4) is 0 Å². The highest BCUT2D eigenvalue weighted by molar-refractivity contribution is 5.94. The lowest BCUT2D eigenvalue weighted by Crippen LogP contribution is -2.33. The van der Waals surface area contributed by atoms with E-state index in [1.54, 1.807) is 0 Å². The SMILES string of the molecule is Cc1cc(C)cc(C(=O)N2CCCC(C)(O)CC2)c1. The average Bonchev–Trinajstić information content (AvgIpc) is 2.48. The van der Waals surface area contributed by atoms with Crippen molar-refractivity contribution >= 4 is 5.91 Å². The molecule has 1 heterocycles. The van der Waals surface area contributed by atoms with Gasteiger partial charge in [0, 0.05) is 18.7 Å². The Kier molecular flexibility index (Phi) is 3.95. The second-order valence-corrected chi connectivity index (χ2v) is 6.02. The molecule has 0 spiro atoms. The zero-order valence-electron chi connectivity index (χ0n) is 12.1. The van der Waals surface area contributed by atoms with Crippen LogP contribution in [-0.2, 0) is 0 Å². The van der Waals surface area contributed by atoms with Crippen molar-refractivity contribution in [3.05, 3.63) is 34.9 Å². The van der Waals surface area contributed by atoms with Crippen molar-refractivity contribution in [2.45, 2.75) is 45.6 Å². The second kappa shape index (κ2) is 5.33. The van der Waals surface area contributed by atoms with Crippen LogP contribution in [0, 0.1) is 13.8 Å². The zero-order valence-corrected chi connectivity index (χ0v) is 12.1. The zero-order chi connectivity index (χ0) is 14.0. The highest BCUT2D eigenvalue weighted by atomic mass is 16.3. The largest absolute Gasteiger partial charge is 0.390 e. The first-order valence-corrected chi connectivity index (χ1v) is 6.97. The molecule has 1 fully saturated rings. The fourth-order valence-corrected chi connectivity index (χ4v) is 2.75. The maximum absolute atomic E-state index is 12.5. The predicted octanol–water partition coefficient (Wildman–Crippen LogP) is 2.68. The molecule has 1 unspecified atom stereocenters. The van der Waals surface area contributed by atoms with Crippen molar-refractivity contribution in [1.82, 2.24) is 4.90 Å². The number of amides is 1. The monoisotopic (exact) mass is 261 g/mol. The molecule has 104 valence electrons. The number of nitrogens with zero attached hydrogens (tertiary/aromatic N) is 1. The van der Waals surface area contributed by atoms with Crippen LogP contribution in [0.25, 0.3) is 0 Å². The minimum absolute atomic E-state index is 0.0875. The van der Waals surface area contributed by atoms with E-state index in [4.69, 9.17) is 0 Å². The van der Waals surface area contributed by atoms with Crippen molar-refractivity contribution in [3.8, 4) is 0 Å². The van der Waals surface area contributed by atoms with Crippen molar-refractivity contribution in [1.29, 1.82) is 0 Å². The number of hydrogen-bond acceptors (Lipinski definition) is 2. The third-order valence-corrected chi connectivity index (χ3v) is 3.82. The van der Waals surface area contributed by atoms with Crippen molar-refractivity contribution in [2.24, 2.45) is 0 Å². The smallest absolute Gasteiger partial charge is 0.253 e. The van der Waals surface area contributed by atoms with Gasteiger partial charge in [0.2, 0.25) is 0 Å². The number of carbonyl (C=O) groups excluding carboxylic acids is 1. The van der Waals surface area contributed by atoms with E-state index in [-0.39, 0.29) is 5.91 Å². The molecule has 2 rings (SSSR count). The summed E-state index contributed by atoms with van der Waals surface area (Å²) >= 11 is 0. The first kappa shape index (κ1) is 14.1. The van der Waals surface area contributed by atoms with Gasteiger partial charge in [-0.3, -0.25) is 4.79 Å². The maximum Gasteiger partial charge on any atom is 0.253 e. The Labute approximate surface area is 115 Å². The summed E-state index contributed by atoms with van der Waals surface area (Å²) in [5, 5.41) is 10.1. The number of aliphatic hydroxyl groups is 1. The van der Waals surface area contributed by atoms with Gasteiger partial charge in [-0.25, -0.2) is 0 Å². The Balaban J connectivity index is 2.15. The van der Waals surface area contributed by atoms with Crippen LogP contribution < -0.4 is 0 Å². The molecule has 0 bridgehead atoms. The van der Waals surface area contributed by atoms with Gasteiger partial charge in [-0.2, -0.15) is 0 Å². The summed E-state index contributed by atoms with van der Waals surface area (Å²) in [4.78, 5) is 14.4. The quantitative estimate of drug-likeness (QED) is 0.844. The number of hydrogen-bond donors (Lipinski definition) is 1. The highest BCUT2D eigenvalue weighted by Crippen LogP contribution is 2.22. The summed E-state index contributed by atoms with van der Waals surface area (Å²) < 4.78 is 0. The molecule has 3 heteroatoms. The lowest BCUT2D eigenvalue weighted by atomic mass is 9.98. The molecule has 0 radical (unpaired) electrons. The van der Waals surface area contributed by atoms with Crippen LogP contribution in [0.4, 0.5) is 0 Å². The summed E-state index contributed by atoms with van der Waals surface area (Å²) in [6.45, 7) is 7.26. The number of likely N-dealkylation sites (tertiary alicyclic amines) is 1. The van der Waals surface area contributed by atoms with E-state index in [1.165, 1.54) is 0 Å². The lowest BCUT2D eigenvalue weighted by Gasteiger charge is -2.23. The number of rotatable bonds is 1. The molecule has 1 aromatic carbocycles. The summed E-state index contributed by atoms with van der Waals surface area (Å²) in [7, 11) is 0. The van der Waals surface area contributed by atoms with Crippen LogP contribution in [0.1, 0.15) is 47.7 Å². The molecule has 1 aliphatic rings. The minimum Gasteiger partial charge on any atom is -0.390 e. The normalized spacial score (nSPS) is 24.1. The molecule has 1 saturated heterocycles. The van der Waals surface area contributed by atoms with Gasteiger partial charge in [0.1, 0.15) is 0 Å². The van der Waals surface area contributed by atoms with Crippen LogP contribution >= 0.6 is 0 Å². The Bertz CT molecular complexity index is 459.